The highest BCUT2D eigenvalue weighted by atomic mass is 16.5. The standard InChI is InChI=1S/C27H33N5O4/c1-17-20(18(2)36-29-17)16-24(33)30-11-6-10-28-25(34)22-15-19-7-5-12-32(19)27(22)21-8-3-4-9-23(21)31(14-13-30)26(27)35/h3-4,8-9,19,22H,5-7,10-16H2,1-2H3,(H,28,34)/t19-,22-,27+/m0/s1. The number of benzene rings is 1. The molecule has 2 bridgehead atoms. The molecule has 3 saturated heterocycles. The van der Waals surface area contributed by atoms with Crippen molar-refractivity contribution in [3.05, 3.63) is 46.8 Å². The van der Waals surface area contributed by atoms with Crippen LogP contribution < -0.4 is 10.2 Å². The zero-order chi connectivity index (χ0) is 25.0. The van der Waals surface area contributed by atoms with Crippen LogP contribution in [0, 0.1) is 19.8 Å². The van der Waals surface area contributed by atoms with Crippen molar-refractivity contribution in [2.75, 3.05) is 37.6 Å². The fraction of sp³-hybridized carbons (Fsp3) is 0.556. The zero-order valence-corrected chi connectivity index (χ0v) is 21.0. The summed E-state index contributed by atoms with van der Waals surface area (Å²) in [7, 11) is 0. The Bertz CT molecular complexity index is 1200. The average molecular weight is 492 g/mol. The van der Waals surface area contributed by atoms with Gasteiger partial charge in [0.1, 0.15) is 11.3 Å². The number of hydrogen-bond donors (Lipinski definition) is 1. The van der Waals surface area contributed by atoms with Gasteiger partial charge in [0.15, 0.2) is 0 Å². The molecule has 4 aliphatic heterocycles. The average Bonchev–Trinajstić information content (AvgIpc) is 3.59. The number of nitrogens with one attached hydrogen (secondary N) is 1. The van der Waals surface area contributed by atoms with Crippen LogP contribution in [-0.4, -0.2) is 71.4 Å². The predicted molar refractivity (Wildman–Crippen MR) is 132 cm³/mol. The second-order valence-corrected chi connectivity index (χ2v) is 10.5. The minimum atomic E-state index is -0.952. The Morgan fingerprint density at radius 3 is 2.78 bits per heavy atom. The summed E-state index contributed by atoms with van der Waals surface area (Å²) in [5.74, 6) is 0.148. The predicted octanol–water partition coefficient (Wildman–Crippen LogP) is 1.91. The SMILES string of the molecule is Cc1noc(C)c1CC(=O)N1CCCNC(=O)[C@@H]2C[C@@H]3CCCN3[C@@]23C(=O)N(CC1)c1ccccc13. The first-order valence-electron chi connectivity index (χ1n) is 13.1. The lowest BCUT2D eigenvalue weighted by Crippen LogP contribution is -2.57. The molecule has 3 fully saturated rings. The van der Waals surface area contributed by atoms with Gasteiger partial charge in [0.2, 0.25) is 11.8 Å². The quantitative estimate of drug-likeness (QED) is 0.689. The third-order valence-electron chi connectivity index (χ3n) is 8.69. The normalized spacial score (nSPS) is 28.3. The molecule has 3 atom stereocenters. The van der Waals surface area contributed by atoms with E-state index >= 15 is 0 Å². The first-order valence-corrected chi connectivity index (χ1v) is 13.1. The zero-order valence-electron chi connectivity index (χ0n) is 21.0. The van der Waals surface area contributed by atoms with E-state index in [1.54, 1.807) is 0 Å². The summed E-state index contributed by atoms with van der Waals surface area (Å²) >= 11 is 0. The fourth-order valence-corrected chi connectivity index (χ4v) is 6.99. The van der Waals surface area contributed by atoms with E-state index in [-0.39, 0.29) is 30.2 Å². The molecule has 0 saturated carbocycles. The van der Waals surface area contributed by atoms with Crippen molar-refractivity contribution in [1.29, 1.82) is 0 Å². The van der Waals surface area contributed by atoms with Gasteiger partial charge in [0.05, 0.1) is 18.0 Å². The van der Waals surface area contributed by atoms with E-state index in [0.29, 0.717) is 44.8 Å². The molecule has 0 unspecified atom stereocenters. The number of carbonyl (C=O) groups is 3. The molecule has 4 aliphatic rings. The van der Waals surface area contributed by atoms with Crippen molar-refractivity contribution in [1.82, 2.24) is 20.3 Å². The maximum absolute atomic E-state index is 14.4. The molecule has 1 N–H and O–H groups in total. The summed E-state index contributed by atoms with van der Waals surface area (Å²) < 4.78 is 5.25. The van der Waals surface area contributed by atoms with Gasteiger partial charge in [-0.2, -0.15) is 0 Å². The Hall–Kier alpha value is -3.20. The first kappa shape index (κ1) is 23.2. The number of amides is 3. The lowest BCUT2D eigenvalue weighted by atomic mass is 9.78. The van der Waals surface area contributed by atoms with E-state index in [2.05, 4.69) is 15.4 Å². The molecular formula is C27H33N5O4. The molecule has 9 heteroatoms. The highest BCUT2D eigenvalue weighted by molar-refractivity contribution is 6.11. The highest BCUT2D eigenvalue weighted by Crippen LogP contribution is 2.57. The van der Waals surface area contributed by atoms with Gasteiger partial charge in [-0.25, -0.2) is 0 Å². The molecule has 5 heterocycles. The summed E-state index contributed by atoms with van der Waals surface area (Å²) in [5.41, 5.74) is 2.39. The molecule has 190 valence electrons. The van der Waals surface area contributed by atoms with Crippen LogP contribution in [0.3, 0.4) is 0 Å². The van der Waals surface area contributed by atoms with E-state index < -0.39 is 11.5 Å². The Morgan fingerprint density at radius 2 is 1.97 bits per heavy atom. The van der Waals surface area contributed by atoms with Gasteiger partial charge in [0.25, 0.3) is 5.91 Å². The van der Waals surface area contributed by atoms with Crippen LogP contribution in [0.5, 0.6) is 0 Å². The summed E-state index contributed by atoms with van der Waals surface area (Å²) in [6.45, 7) is 6.30. The summed E-state index contributed by atoms with van der Waals surface area (Å²) in [6, 6.07) is 8.16. The third-order valence-corrected chi connectivity index (χ3v) is 8.69. The molecule has 2 aromatic rings. The van der Waals surface area contributed by atoms with E-state index in [9.17, 15) is 14.4 Å². The number of aromatic nitrogens is 1. The van der Waals surface area contributed by atoms with Crippen molar-refractivity contribution < 1.29 is 18.9 Å². The maximum atomic E-state index is 14.4. The van der Waals surface area contributed by atoms with Crippen molar-refractivity contribution in [3.63, 3.8) is 0 Å². The molecule has 6 rings (SSSR count). The van der Waals surface area contributed by atoms with Crippen LogP contribution in [0.4, 0.5) is 5.69 Å². The Labute approximate surface area is 210 Å². The van der Waals surface area contributed by atoms with Crippen LogP contribution in [0.1, 0.15) is 48.3 Å². The number of rotatable bonds is 2. The topological polar surface area (TPSA) is 99.0 Å². The monoisotopic (exact) mass is 491 g/mol. The number of aryl methyl sites for hydroxylation is 2. The van der Waals surface area contributed by atoms with Gasteiger partial charge in [-0.15, -0.1) is 0 Å². The van der Waals surface area contributed by atoms with Gasteiger partial charge in [-0.05, 0) is 52.1 Å². The van der Waals surface area contributed by atoms with Crippen LogP contribution in [-0.2, 0) is 26.3 Å². The second-order valence-electron chi connectivity index (χ2n) is 10.5. The van der Waals surface area contributed by atoms with Crippen molar-refractivity contribution in [2.24, 2.45) is 5.92 Å². The number of anilines is 1. The molecule has 0 aliphatic carbocycles. The van der Waals surface area contributed by atoms with Gasteiger partial charge < -0.3 is 19.6 Å². The molecule has 1 aromatic carbocycles. The lowest BCUT2D eigenvalue weighted by Gasteiger charge is -2.38. The summed E-state index contributed by atoms with van der Waals surface area (Å²) in [6.07, 6.45) is 3.64. The van der Waals surface area contributed by atoms with Gasteiger partial charge in [-0.1, -0.05) is 23.4 Å². The van der Waals surface area contributed by atoms with Crippen LogP contribution in [0.15, 0.2) is 28.8 Å². The number of nitrogens with zero attached hydrogens (tertiary/aromatic N) is 4. The molecule has 1 aromatic heterocycles. The minimum Gasteiger partial charge on any atom is -0.361 e. The molecular weight excluding hydrogens is 458 g/mol. The Morgan fingerprint density at radius 1 is 1.14 bits per heavy atom. The van der Waals surface area contributed by atoms with Crippen LogP contribution in [0.25, 0.3) is 0 Å². The van der Waals surface area contributed by atoms with Crippen LogP contribution in [0.2, 0.25) is 0 Å². The van der Waals surface area contributed by atoms with Crippen LogP contribution >= 0.6 is 0 Å². The maximum Gasteiger partial charge on any atom is 0.253 e. The van der Waals surface area contributed by atoms with E-state index in [1.807, 2.05) is 47.9 Å². The molecule has 9 nitrogen and oxygen atoms in total. The second kappa shape index (κ2) is 8.73. The summed E-state index contributed by atoms with van der Waals surface area (Å²) in [5, 5.41) is 7.09. The lowest BCUT2D eigenvalue weighted by molar-refractivity contribution is -0.139. The molecule has 1 spiro atoms. The van der Waals surface area contributed by atoms with Crippen molar-refractivity contribution >= 4 is 23.4 Å². The van der Waals surface area contributed by atoms with E-state index in [4.69, 9.17) is 4.52 Å². The third kappa shape index (κ3) is 3.32. The number of para-hydroxylation sites is 1. The smallest absolute Gasteiger partial charge is 0.253 e. The van der Waals surface area contributed by atoms with Gasteiger partial charge in [-0.3, -0.25) is 19.3 Å². The highest BCUT2D eigenvalue weighted by Gasteiger charge is 2.67. The number of carbonyl (C=O) groups excluding carboxylic acids is 3. The Balaban J connectivity index is 1.35. The van der Waals surface area contributed by atoms with E-state index in [1.165, 1.54) is 0 Å². The van der Waals surface area contributed by atoms with E-state index in [0.717, 1.165) is 41.9 Å². The molecule has 0 radical (unpaired) electrons. The van der Waals surface area contributed by atoms with Gasteiger partial charge >= 0.3 is 0 Å². The molecule has 3 amide bonds. The van der Waals surface area contributed by atoms with Gasteiger partial charge in [0, 0.05) is 49.0 Å². The van der Waals surface area contributed by atoms with Crippen molar-refractivity contribution in [2.45, 2.75) is 57.5 Å². The summed E-state index contributed by atoms with van der Waals surface area (Å²) in [4.78, 5) is 47.3. The fourth-order valence-electron chi connectivity index (χ4n) is 6.99. The van der Waals surface area contributed by atoms with Crippen molar-refractivity contribution in [3.8, 4) is 0 Å². The molecule has 36 heavy (non-hydrogen) atoms. The first-order chi connectivity index (χ1) is 17.4. The largest absolute Gasteiger partial charge is 0.361 e. The Kier molecular flexibility index (Phi) is 5.63. The minimum absolute atomic E-state index is 0.0213. The number of fused-ring (bicyclic) bond motifs is 4. The number of hydrogen-bond acceptors (Lipinski definition) is 6.